The Morgan fingerprint density at radius 1 is 1.35 bits per heavy atom. The number of aromatic nitrogens is 3. The molecule has 0 fully saturated rings. The largest absolute Gasteiger partial charge is 0.463 e. The van der Waals surface area contributed by atoms with E-state index >= 15 is 0 Å². The van der Waals surface area contributed by atoms with Gasteiger partial charge in [0.05, 0.1) is 23.6 Å². The monoisotopic (exact) mass is 345 g/mol. The average Bonchev–Trinajstić information content (AvgIpc) is 3.27. The fourth-order valence-corrected chi connectivity index (χ4v) is 4.26. The molecule has 4 aromatic rings. The number of esters is 1. The maximum atomic E-state index is 11.6. The molecule has 0 unspecified atom stereocenters. The van der Waals surface area contributed by atoms with Crippen molar-refractivity contribution >= 4 is 44.2 Å². The first-order chi connectivity index (χ1) is 11.3. The van der Waals surface area contributed by atoms with Crippen LogP contribution in [0.4, 0.5) is 0 Å². The van der Waals surface area contributed by atoms with Gasteiger partial charge in [0.1, 0.15) is 0 Å². The maximum absolute atomic E-state index is 11.6. The third-order valence-electron chi connectivity index (χ3n) is 3.39. The van der Waals surface area contributed by atoms with Crippen molar-refractivity contribution in [3.8, 4) is 0 Å². The Bertz CT molecular complexity index is 1000. The number of carbonyl (C=O) groups excluding carboxylic acids is 1. The first-order valence-corrected chi connectivity index (χ1v) is 8.58. The molecule has 3 heterocycles. The predicted molar refractivity (Wildman–Crippen MR) is 88.0 cm³/mol. The maximum Gasteiger partial charge on any atom is 0.374 e. The number of ether oxygens (including phenoxy) is 1. The minimum atomic E-state index is -0.474. The van der Waals surface area contributed by atoms with E-state index in [0.29, 0.717) is 5.75 Å². The number of furan rings is 1. The van der Waals surface area contributed by atoms with Crippen LogP contribution in [0.25, 0.3) is 15.2 Å². The molecule has 0 N–H and O–H groups in total. The van der Waals surface area contributed by atoms with Crippen LogP contribution in [0.5, 0.6) is 0 Å². The summed E-state index contributed by atoms with van der Waals surface area (Å²) in [5.74, 6) is 0.306. The fourth-order valence-electron chi connectivity index (χ4n) is 2.31. The molecular formula is C15H11N3O3S2. The summed E-state index contributed by atoms with van der Waals surface area (Å²) in [5.41, 5.74) is 1.86. The van der Waals surface area contributed by atoms with E-state index in [2.05, 4.69) is 16.3 Å². The molecule has 0 amide bonds. The van der Waals surface area contributed by atoms with Gasteiger partial charge in [-0.3, -0.25) is 4.40 Å². The molecular weight excluding hydrogens is 334 g/mol. The molecule has 0 aliphatic rings. The molecule has 3 aromatic heterocycles. The highest BCUT2D eigenvalue weighted by Gasteiger charge is 2.18. The quantitative estimate of drug-likeness (QED) is 0.416. The van der Waals surface area contributed by atoms with E-state index in [1.165, 1.54) is 25.1 Å². The number of thiazole rings is 1. The standard InChI is InChI=1S/C15H11N3O3S2/c1-20-13(19)12-9(6-7-21-12)8-22-14-16-17-15-18(14)10-4-2-3-5-11(10)23-15/h2-7H,8H2,1H3. The molecule has 23 heavy (non-hydrogen) atoms. The number of hydrogen-bond donors (Lipinski definition) is 0. The molecule has 0 bridgehead atoms. The lowest BCUT2D eigenvalue weighted by molar-refractivity contribution is 0.0564. The minimum Gasteiger partial charge on any atom is -0.463 e. The number of carbonyl (C=O) groups is 1. The van der Waals surface area contributed by atoms with Crippen LogP contribution in [0.3, 0.4) is 0 Å². The number of rotatable bonds is 4. The number of thioether (sulfide) groups is 1. The van der Waals surface area contributed by atoms with Crippen molar-refractivity contribution in [2.45, 2.75) is 10.9 Å². The molecule has 0 aliphatic carbocycles. The lowest BCUT2D eigenvalue weighted by atomic mass is 10.3. The fraction of sp³-hybridized carbons (Fsp3) is 0.133. The van der Waals surface area contributed by atoms with Gasteiger partial charge < -0.3 is 9.15 Å². The minimum absolute atomic E-state index is 0.232. The number of para-hydroxylation sites is 1. The number of methoxy groups -OCH3 is 1. The third-order valence-corrected chi connectivity index (χ3v) is 5.38. The summed E-state index contributed by atoms with van der Waals surface area (Å²) in [6.45, 7) is 0. The normalized spacial score (nSPS) is 11.3. The van der Waals surface area contributed by atoms with E-state index in [-0.39, 0.29) is 5.76 Å². The van der Waals surface area contributed by atoms with Gasteiger partial charge in [0.15, 0.2) is 5.16 Å². The zero-order chi connectivity index (χ0) is 15.8. The summed E-state index contributed by atoms with van der Waals surface area (Å²) < 4.78 is 13.1. The first kappa shape index (κ1) is 14.3. The van der Waals surface area contributed by atoms with Gasteiger partial charge in [0.25, 0.3) is 0 Å². The van der Waals surface area contributed by atoms with Crippen LogP contribution in [0.15, 0.2) is 46.2 Å². The summed E-state index contributed by atoms with van der Waals surface area (Å²) in [6.07, 6.45) is 1.49. The molecule has 0 aliphatic heterocycles. The molecule has 0 atom stereocenters. The Balaban J connectivity index is 1.66. The number of nitrogens with zero attached hydrogens (tertiary/aromatic N) is 3. The van der Waals surface area contributed by atoms with E-state index in [0.717, 1.165) is 25.9 Å². The average molecular weight is 345 g/mol. The number of benzene rings is 1. The highest BCUT2D eigenvalue weighted by Crippen LogP contribution is 2.31. The summed E-state index contributed by atoms with van der Waals surface area (Å²) in [5, 5.41) is 9.25. The third kappa shape index (κ3) is 2.40. The Morgan fingerprint density at radius 2 is 2.22 bits per heavy atom. The highest BCUT2D eigenvalue weighted by molar-refractivity contribution is 7.98. The summed E-state index contributed by atoms with van der Waals surface area (Å²) in [7, 11) is 1.33. The second-order valence-corrected chi connectivity index (χ2v) is 6.68. The molecule has 0 saturated heterocycles. The van der Waals surface area contributed by atoms with Gasteiger partial charge in [-0.1, -0.05) is 35.2 Å². The summed E-state index contributed by atoms with van der Waals surface area (Å²) in [4.78, 5) is 12.5. The number of hydrogen-bond acceptors (Lipinski definition) is 7. The molecule has 1 aromatic carbocycles. The van der Waals surface area contributed by atoms with Crippen LogP contribution in [0.1, 0.15) is 16.1 Å². The Labute approximate surface area is 139 Å². The van der Waals surface area contributed by atoms with Crippen LogP contribution < -0.4 is 0 Å². The van der Waals surface area contributed by atoms with Crippen LogP contribution in [-0.4, -0.2) is 27.7 Å². The lowest BCUT2D eigenvalue weighted by Crippen LogP contribution is -2.02. The van der Waals surface area contributed by atoms with Gasteiger partial charge in [0.2, 0.25) is 10.7 Å². The van der Waals surface area contributed by atoms with Gasteiger partial charge in [-0.05, 0) is 18.2 Å². The van der Waals surface area contributed by atoms with Gasteiger partial charge >= 0.3 is 5.97 Å². The van der Waals surface area contributed by atoms with E-state index in [4.69, 9.17) is 9.15 Å². The van der Waals surface area contributed by atoms with Crippen LogP contribution in [0.2, 0.25) is 0 Å². The van der Waals surface area contributed by atoms with Gasteiger partial charge in [-0.25, -0.2) is 4.79 Å². The van der Waals surface area contributed by atoms with Crippen LogP contribution >= 0.6 is 23.1 Å². The summed E-state index contributed by atoms with van der Waals surface area (Å²) >= 11 is 3.10. The first-order valence-electron chi connectivity index (χ1n) is 6.78. The van der Waals surface area contributed by atoms with Crippen molar-refractivity contribution in [1.29, 1.82) is 0 Å². The van der Waals surface area contributed by atoms with Crippen molar-refractivity contribution in [2.75, 3.05) is 7.11 Å². The topological polar surface area (TPSA) is 69.6 Å². The van der Waals surface area contributed by atoms with Crippen molar-refractivity contribution < 1.29 is 13.9 Å². The van der Waals surface area contributed by atoms with Crippen molar-refractivity contribution in [3.63, 3.8) is 0 Å². The second kappa shape index (κ2) is 5.71. The van der Waals surface area contributed by atoms with Crippen LogP contribution in [-0.2, 0) is 10.5 Å². The Hall–Kier alpha value is -2.32. The molecule has 116 valence electrons. The van der Waals surface area contributed by atoms with E-state index in [1.807, 2.05) is 22.6 Å². The molecule has 0 saturated carbocycles. The van der Waals surface area contributed by atoms with Gasteiger partial charge in [0, 0.05) is 11.3 Å². The Kier molecular flexibility index (Phi) is 3.55. The van der Waals surface area contributed by atoms with Gasteiger partial charge in [-0.15, -0.1) is 10.2 Å². The Morgan fingerprint density at radius 3 is 3.09 bits per heavy atom. The van der Waals surface area contributed by atoms with Crippen molar-refractivity contribution in [1.82, 2.24) is 14.6 Å². The molecule has 0 radical (unpaired) electrons. The summed E-state index contributed by atoms with van der Waals surface area (Å²) in [6, 6.07) is 9.88. The second-order valence-electron chi connectivity index (χ2n) is 4.73. The highest BCUT2D eigenvalue weighted by atomic mass is 32.2. The molecule has 6 nitrogen and oxygen atoms in total. The van der Waals surface area contributed by atoms with Crippen molar-refractivity contribution in [3.05, 3.63) is 47.9 Å². The lowest BCUT2D eigenvalue weighted by Gasteiger charge is -2.00. The smallest absolute Gasteiger partial charge is 0.374 e. The zero-order valence-electron chi connectivity index (χ0n) is 12.1. The molecule has 0 spiro atoms. The zero-order valence-corrected chi connectivity index (χ0v) is 13.7. The molecule has 8 heteroatoms. The van der Waals surface area contributed by atoms with E-state index in [9.17, 15) is 4.79 Å². The van der Waals surface area contributed by atoms with Crippen molar-refractivity contribution in [2.24, 2.45) is 0 Å². The molecule has 4 rings (SSSR count). The van der Waals surface area contributed by atoms with Gasteiger partial charge in [-0.2, -0.15) is 0 Å². The SMILES string of the molecule is COC(=O)c1occc1CSc1nnc2sc3ccccc3n12. The van der Waals surface area contributed by atoms with Crippen LogP contribution in [0, 0.1) is 0 Å². The predicted octanol–water partition coefficient (Wildman–Crippen LogP) is 3.62. The number of fused-ring (bicyclic) bond motifs is 3. The van der Waals surface area contributed by atoms with E-state index < -0.39 is 5.97 Å². The van der Waals surface area contributed by atoms with E-state index in [1.54, 1.807) is 17.4 Å².